The van der Waals surface area contributed by atoms with E-state index in [1.54, 1.807) is 24.3 Å². The maximum atomic E-state index is 10.8. The summed E-state index contributed by atoms with van der Waals surface area (Å²) in [5.41, 5.74) is 1.23. The van der Waals surface area contributed by atoms with Gasteiger partial charge in [-0.25, -0.2) is 4.79 Å². The van der Waals surface area contributed by atoms with E-state index in [1.807, 2.05) is 18.2 Å². The molecule has 0 saturated heterocycles. The lowest BCUT2D eigenvalue weighted by atomic mass is 10.1. The van der Waals surface area contributed by atoms with Crippen molar-refractivity contribution in [2.45, 2.75) is 11.5 Å². The van der Waals surface area contributed by atoms with Gasteiger partial charge in [0.25, 0.3) is 0 Å². The summed E-state index contributed by atoms with van der Waals surface area (Å²) >= 11 is 1.32. The Balaban J connectivity index is 1.60. The summed E-state index contributed by atoms with van der Waals surface area (Å²) in [5, 5.41) is 11.2. The molecule has 0 atom stereocenters. The average Bonchev–Trinajstić information content (AvgIpc) is 2.55. The first-order valence-electron chi connectivity index (χ1n) is 6.83. The third kappa shape index (κ3) is 3.47. The van der Waals surface area contributed by atoms with Crippen LogP contribution in [0.25, 0.3) is 10.8 Å². The van der Waals surface area contributed by atoms with Crippen LogP contribution in [0.3, 0.4) is 0 Å². The molecule has 4 heteroatoms. The lowest BCUT2D eigenvalue weighted by Crippen LogP contribution is -1.96. The molecule has 0 spiro atoms. The van der Waals surface area contributed by atoms with Crippen molar-refractivity contribution in [2.24, 2.45) is 0 Å². The second-order valence-electron chi connectivity index (χ2n) is 4.86. The first-order chi connectivity index (χ1) is 10.7. The van der Waals surface area contributed by atoms with Gasteiger partial charge in [0, 0.05) is 16.9 Å². The van der Waals surface area contributed by atoms with Gasteiger partial charge in [-0.2, -0.15) is 0 Å². The van der Waals surface area contributed by atoms with Crippen molar-refractivity contribution < 1.29 is 14.1 Å². The molecule has 0 fully saturated rings. The lowest BCUT2D eigenvalue weighted by Gasteiger charge is -2.05. The lowest BCUT2D eigenvalue weighted by molar-refractivity contribution is 0.0697. The zero-order valence-electron chi connectivity index (χ0n) is 11.7. The minimum Gasteiger partial charge on any atom is -0.478 e. The third-order valence-electron chi connectivity index (χ3n) is 3.30. The number of rotatable bonds is 5. The van der Waals surface area contributed by atoms with Gasteiger partial charge in [-0.15, -0.1) is 0 Å². The fourth-order valence-corrected chi connectivity index (χ4v) is 2.76. The first kappa shape index (κ1) is 14.6. The molecular weight excluding hydrogens is 296 g/mol. The average molecular weight is 310 g/mol. The van der Waals surface area contributed by atoms with E-state index in [4.69, 9.17) is 9.29 Å². The van der Waals surface area contributed by atoms with E-state index >= 15 is 0 Å². The minimum atomic E-state index is -0.919. The van der Waals surface area contributed by atoms with Gasteiger partial charge in [0.05, 0.1) is 12.2 Å². The second kappa shape index (κ2) is 6.64. The SMILES string of the molecule is O=C(O)c1ccc(COSc2ccc3ccccc3c2)cc1. The van der Waals surface area contributed by atoms with Crippen molar-refractivity contribution >= 4 is 28.8 Å². The third-order valence-corrected chi connectivity index (χ3v) is 3.98. The van der Waals surface area contributed by atoms with Crippen molar-refractivity contribution in [1.82, 2.24) is 0 Å². The second-order valence-corrected chi connectivity index (χ2v) is 5.73. The predicted octanol–water partition coefficient (Wildman–Crippen LogP) is 4.76. The topological polar surface area (TPSA) is 46.5 Å². The van der Waals surface area contributed by atoms with Gasteiger partial charge in [0.2, 0.25) is 0 Å². The van der Waals surface area contributed by atoms with Gasteiger partial charge in [-0.1, -0.05) is 42.5 Å². The number of fused-ring (bicyclic) bond motifs is 1. The van der Waals surface area contributed by atoms with E-state index in [2.05, 4.69) is 24.3 Å². The summed E-state index contributed by atoms with van der Waals surface area (Å²) in [4.78, 5) is 11.8. The standard InChI is InChI=1S/C18H14O3S/c19-18(20)15-7-5-13(6-8-15)12-21-22-17-10-9-14-3-1-2-4-16(14)11-17/h1-11H,12H2,(H,19,20). The Bertz CT molecular complexity index is 797. The normalized spacial score (nSPS) is 10.7. The largest absolute Gasteiger partial charge is 0.478 e. The molecule has 0 radical (unpaired) electrons. The predicted molar refractivity (Wildman–Crippen MR) is 88.0 cm³/mol. The highest BCUT2D eigenvalue weighted by Crippen LogP contribution is 2.25. The van der Waals surface area contributed by atoms with Crippen LogP contribution in [0.15, 0.2) is 71.6 Å². The Hall–Kier alpha value is -2.30. The molecule has 3 rings (SSSR count). The van der Waals surface area contributed by atoms with Crippen LogP contribution in [0.5, 0.6) is 0 Å². The Morgan fingerprint density at radius 3 is 2.41 bits per heavy atom. The van der Waals surface area contributed by atoms with Gasteiger partial charge in [-0.05, 0) is 40.6 Å². The molecule has 0 aliphatic carbocycles. The number of carboxylic acids is 1. The highest BCUT2D eigenvalue weighted by atomic mass is 32.2. The molecule has 0 saturated carbocycles. The molecule has 3 aromatic carbocycles. The van der Waals surface area contributed by atoms with Crippen LogP contribution in [0, 0.1) is 0 Å². The van der Waals surface area contributed by atoms with Crippen LogP contribution >= 0.6 is 12.0 Å². The summed E-state index contributed by atoms with van der Waals surface area (Å²) in [6.45, 7) is 0.428. The van der Waals surface area contributed by atoms with Gasteiger partial charge < -0.3 is 9.29 Å². The molecule has 0 heterocycles. The van der Waals surface area contributed by atoms with Gasteiger partial charge in [-0.3, -0.25) is 0 Å². The Morgan fingerprint density at radius 1 is 0.955 bits per heavy atom. The molecule has 3 nitrogen and oxygen atoms in total. The van der Waals surface area contributed by atoms with Crippen LogP contribution in [-0.2, 0) is 10.8 Å². The minimum absolute atomic E-state index is 0.283. The summed E-state index contributed by atoms with van der Waals surface area (Å²) in [6.07, 6.45) is 0. The zero-order valence-corrected chi connectivity index (χ0v) is 12.5. The van der Waals surface area contributed by atoms with Crippen LogP contribution in [0.1, 0.15) is 15.9 Å². The number of carbonyl (C=O) groups is 1. The number of aromatic carboxylic acids is 1. The highest BCUT2D eigenvalue weighted by Gasteiger charge is 2.03. The molecule has 0 unspecified atom stereocenters. The van der Waals surface area contributed by atoms with Gasteiger partial charge in [0.1, 0.15) is 0 Å². The van der Waals surface area contributed by atoms with E-state index in [1.165, 1.54) is 22.8 Å². The molecule has 0 aliphatic rings. The number of hydrogen-bond donors (Lipinski definition) is 1. The van der Waals surface area contributed by atoms with Crippen LogP contribution in [0.2, 0.25) is 0 Å². The first-order valence-corrected chi connectivity index (χ1v) is 7.57. The van der Waals surface area contributed by atoms with Gasteiger partial charge >= 0.3 is 5.97 Å². The number of carboxylic acid groups (broad SMARTS) is 1. The van der Waals surface area contributed by atoms with Crippen molar-refractivity contribution in [3.63, 3.8) is 0 Å². The molecule has 0 aromatic heterocycles. The summed E-state index contributed by atoms with van der Waals surface area (Å²) in [5.74, 6) is -0.919. The monoisotopic (exact) mass is 310 g/mol. The molecule has 1 N–H and O–H groups in total. The van der Waals surface area contributed by atoms with Crippen molar-refractivity contribution in [3.8, 4) is 0 Å². The van der Waals surface area contributed by atoms with E-state index < -0.39 is 5.97 Å². The van der Waals surface area contributed by atoms with E-state index in [9.17, 15) is 4.79 Å². The molecule has 22 heavy (non-hydrogen) atoms. The smallest absolute Gasteiger partial charge is 0.335 e. The Morgan fingerprint density at radius 2 is 1.68 bits per heavy atom. The van der Waals surface area contributed by atoms with Crippen molar-refractivity contribution in [2.75, 3.05) is 0 Å². The molecule has 0 amide bonds. The molecule has 0 aliphatic heterocycles. The molecular formula is C18H14O3S. The van der Waals surface area contributed by atoms with Crippen molar-refractivity contribution in [1.29, 1.82) is 0 Å². The van der Waals surface area contributed by atoms with Crippen LogP contribution in [0.4, 0.5) is 0 Å². The molecule has 0 bridgehead atoms. The summed E-state index contributed by atoms with van der Waals surface area (Å²) in [7, 11) is 0. The van der Waals surface area contributed by atoms with E-state index in [0.717, 1.165) is 10.5 Å². The fraction of sp³-hybridized carbons (Fsp3) is 0.0556. The summed E-state index contributed by atoms with van der Waals surface area (Å²) < 4.78 is 5.62. The van der Waals surface area contributed by atoms with Crippen LogP contribution in [-0.4, -0.2) is 11.1 Å². The van der Waals surface area contributed by atoms with E-state index in [0.29, 0.717) is 6.61 Å². The Labute approximate surface area is 132 Å². The fourth-order valence-electron chi connectivity index (χ4n) is 2.13. The van der Waals surface area contributed by atoms with Gasteiger partial charge in [0.15, 0.2) is 0 Å². The molecule has 3 aromatic rings. The van der Waals surface area contributed by atoms with E-state index in [-0.39, 0.29) is 5.56 Å². The number of hydrogen-bond acceptors (Lipinski definition) is 3. The molecule has 110 valence electrons. The summed E-state index contributed by atoms with van der Waals surface area (Å²) in [6, 6.07) is 21.1. The Kier molecular flexibility index (Phi) is 4.42. The van der Waals surface area contributed by atoms with Crippen molar-refractivity contribution in [3.05, 3.63) is 77.9 Å². The number of benzene rings is 3. The maximum Gasteiger partial charge on any atom is 0.335 e. The van der Waals surface area contributed by atoms with Crippen LogP contribution < -0.4 is 0 Å². The zero-order chi connectivity index (χ0) is 15.4. The highest BCUT2D eigenvalue weighted by molar-refractivity contribution is 7.94. The maximum absolute atomic E-state index is 10.8. The quantitative estimate of drug-likeness (QED) is 0.690.